The summed E-state index contributed by atoms with van der Waals surface area (Å²) in [6.45, 7) is 1.51. The number of benzene rings is 1. The van der Waals surface area contributed by atoms with Gasteiger partial charge >= 0.3 is 0 Å². The Balaban J connectivity index is 1.34. The molecule has 1 aromatic carbocycles. The molecule has 4 rings (SSSR count). The highest BCUT2D eigenvalue weighted by Gasteiger charge is 2.23. The van der Waals surface area contributed by atoms with Crippen LogP contribution in [0.15, 0.2) is 48.7 Å². The first kappa shape index (κ1) is 19.2. The lowest BCUT2D eigenvalue weighted by Crippen LogP contribution is -2.36. The highest BCUT2D eigenvalue weighted by Crippen LogP contribution is 2.28. The van der Waals surface area contributed by atoms with Gasteiger partial charge in [-0.05, 0) is 36.4 Å². The van der Waals surface area contributed by atoms with Crippen LogP contribution < -0.4 is 10.6 Å². The number of amides is 2. The van der Waals surface area contributed by atoms with Crippen molar-refractivity contribution in [2.75, 3.05) is 23.7 Å². The first-order chi connectivity index (χ1) is 14.1. The Morgan fingerprint density at radius 2 is 1.97 bits per heavy atom. The van der Waals surface area contributed by atoms with E-state index in [1.54, 1.807) is 24.4 Å². The average Bonchev–Trinajstić information content (AvgIpc) is 3.12. The lowest BCUT2D eigenvalue weighted by molar-refractivity contribution is -0.117. The molecule has 2 N–H and O–H groups in total. The molecule has 3 aromatic rings. The van der Waals surface area contributed by atoms with E-state index < -0.39 is 0 Å². The molecule has 2 aromatic heterocycles. The van der Waals surface area contributed by atoms with Crippen LogP contribution in [-0.4, -0.2) is 39.8 Å². The third-order valence-electron chi connectivity index (χ3n) is 4.42. The molecular weight excluding hydrogens is 393 g/mol. The molecule has 0 unspecified atom stereocenters. The lowest BCUT2D eigenvalue weighted by Gasteiger charge is -2.25. The van der Waals surface area contributed by atoms with Gasteiger partial charge < -0.3 is 5.32 Å². The van der Waals surface area contributed by atoms with Crippen LogP contribution in [0.5, 0.6) is 0 Å². The van der Waals surface area contributed by atoms with Crippen molar-refractivity contribution in [2.45, 2.75) is 13.0 Å². The topological polar surface area (TPSA) is 87.2 Å². The van der Waals surface area contributed by atoms with Crippen molar-refractivity contribution in [2.24, 2.45) is 0 Å². The molecule has 3 heterocycles. The third kappa shape index (κ3) is 4.82. The smallest absolute Gasteiger partial charge is 0.276 e. The number of thiazole rings is 1. The quantitative estimate of drug-likeness (QED) is 0.674. The van der Waals surface area contributed by atoms with E-state index in [9.17, 15) is 14.0 Å². The molecule has 7 nitrogen and oxygen atoms in total. The number of rotatable bonds is 5. The summed E-state index contributed by atoms with van der Waals surface area (Å²) in [5, 5.41) is 6.08. The molecule has 29 heavy (non-hydrogen) atoms. The summed E-state index contributed by atoms with van der Waals surface area (Å²) in [5.74, 6) is -0.803. The maximum atomic E-state index is 13.0. The van der Waals surface area contributed by atoms with Crippen molar-refractivity contribution in [3.8, 4) is 0 Å². The zero-order valence-electron chi connectivity index (χ0n) is 15.4. The van der Waals surface area contributed by atoms with E-state index in [1.807, 2.05) is 4.90 Å². The van der Waals surface area contributed by atoms with Gasteiger partial charge in [-0.2, -0.15) is 0 Å². The van der Waals surface area contributed by atoms with E-state index >= 15 is 0 Å². The minimum Gasteiger partial charge on any atom is -0.325 e. The summed E-state index contributed by atoms with van der Waals surface area (Å²) in [7, 11) is 0. The molecular formula is C20H18FN5O2S. The van der Waals surface area contributed by atoms with Crippen molar-refractivity contribution in [1.82, 2.24) is 14.9 Å². The molecule has 0 radical (unpaired) electrons. The van der Waals surface area contributed by atoms with Crippen LogP contribution in [-0.2, 0) is 17.8 Å². The normalized spacial score (nSPS) is 13.6. The third-order valence-corrected chi connectivity index (χ3v) is 5.42. The van der Waals surface area contributed by atoms with E-state index in [0.29, 0.717) is 36.0 Å². The zero-order valence-corrected chi connectivity index (χ0v) is 16.2. The SMILES string of the molecule is O=C(CN1CCc2nc(NC(=O)c3ccccn3)sc2C1)Nc1ccc(F)cc1. The molecule has 1 aliphatic rings. The van der Waals surface area contributed by atoms with Gasteiger partial charge in [-0.15, -0.1) is 11.3 Å². The number of anilines is 2. The Morgan fingerprint density at radius 3 is 2.72 bits per heavy atom. The molecule has 0 atom stereocenters. The molecule has 0 saturated carbocycles. The van der Waals surface area contributed by atoms with Crippen molar-refractivity contribution in [3.05, 3.63) is 70.7 Å². The lowest BCUT2D eigenvalue weighted by atomic mass is 10.2. The zero-order chi connectivity index (χ0) is 20.2. The molecule has 1 aliphatic heterocycles. The molecule has 9 heteroatoms. The van der Waals surface area contributed by atoms with Gasteiger partial charge in [0.05, 0.1) is 12.2 Å². The van der Waals surface area contributed by atoms with Gasteiger partial charge in [-0.1, -0.05) is 6.07 Å². The summed E-state index contributed by atoms with van der Waals surface area (Å²) in [5.41, 5.74) is 1.84. The number of nitrogens with one attached hydrogen (secondary N) is 2. The second kappa shape index (κ2) is 8.46. The van der Waals surface area contributed by atoms with Crippen LogP contribution in [0.1, 0.15) is 21.1 Å². The number of hydrogen-bond donors (Lipinski definition) is 2. The van der Waals surface area contributed by atoms with Crippen LogP contribution in [0.2, 0.25) is 0 Å². The highest BCUT2D eigenvalue weighted by atomic mass is 32.1. The van der Waals surface area contributed by atoms with Gasteiger partial charge in [0, 0.05) is 36.3 Å². The summed E-state index contributed by atoms with van der Waals surface area (Å²) < 4.78 is 13.0. The van der Waals surface area contributed by atoms with E-state index in [4.69, 9.17) is 0 Å². The monoisotopic (exact) mass is 411 g/mol. The molecule has 0 bridgehead atoms. The van der Waals surface area contributed by atoms with E-state index in [2.05, 4.69) is 20.6 Å². The predicted molar refractivity (Wildman–Crippen MR) is 108 cm³/mol. The number of halogens is 1. The van der Waals surface area contributed by atoms with Gasteiger partial charge in [0.25, 0.3) is 5.91 Å². The molecule has 0 aliphatic carbocycles. The van der Waals surface area contributed by atoms with Crippen molar-refractivity contribution in [1.29, 1.82) is 0 Å². The summed E-state index contributed by atoms with van der Waals surface area (Å²) in [4.78, 5) is 36.1. The number of nitrogens with zero attached hydrogens (tertiary/aromatic N) is 3. The maximum Gasteiger partial charge on any atom is 0.276 e. The fourth-order valence-electron chi connectivity index (χ4n) is 3.03. The summed E-state index contributed by atoms with van der Waals surface area (Å²) in [6, 6.07) is 10.8. The Labute approximate surface area is 170 Å². The number of carbonyl (C=O) groups is 2. The molecule has 2 amide bonds. The summed E-state index contributed by atoms with van der Waals surface area (Å²) in [6.07, 6.45) is 2.27. The van der Waals surface area contributed by atoms with E-state index in [1.165, 1.54) is 35.6 Å². The fourth-order valence-corrected chi connectivity index (χ4v) is 4.08. The minimum absolute atomic E-state index is 0.159. The Kier molecular flexibility index (Phi) is 5.59. The minimum atomic E-state index is -0.345. The average molecular weight is 411 g/mol. The summed E-state index contributed by atoms with van der Waals surface area (Å²) >= 11 is 1.41. The second-order valence-electron chi connectivity index (χ2n) is 6.57. The number of pyridine rings is 1. The van der Waals surface area contributed by atoms with Crippen LogP contribution >= 0.6 is 11.3 Å². The maximum absolute atomic E-state index is 13.0. The van der Waals surface area contributed by atoms with Gasteiger partial charge in [0.1, 0.15) is 11.5 Å². The number of fused-ring (bicyclic) bond motifs is 1. The number of aromatic nitrogens is 2. The Bertz CT molecular complexity index is 1020. The standard InChI is InChI=1S/C20H18FN5O2S/c21-13-4-6-14(7-5-13)23-18(27)12-26-10-8-15-17(11-26)29-20(24-15)25-19(28)16-3-1-2-9-22-16/h1-7,9H,8,10-12H2,(H,23,27)(H,24,25,28). The Morgan fingerprint density at radius 1 is 1.14 bits per heavy atom. The van der Waals surface area contributed by atoms with Crippen LogP contribution in [0.4, 0.5) is 15.2 Å². The molecule has 0 fully saturated rings. The van der Waals surface area contributed by atoms with E-state index in [-0.39, 0.29) is 24.2 Å². The molecule has 0 spiro atoms. The Hall–Kier alpha value is -3.17. The van der Waals surface area contributed by atoms with Gasteiger partial charge in [-0.25, -0.2) is 9.37 Å². The molecule has 0 saturated heterocycles. The second-order valence-corrected chi connectivity index (χ2v) is 7.66. The predicted octanol–water partition coefficient (Wildman–Crippen LogP) is 2.93. The van der Waals surface area contributed by atoms with Crippen LogP contribution in [0, 0.1) is 5.82 Å². The van der Waals surface area contributed by atoms with Crippen molar-refractivity contribution >= 4 is 34.0 Å². The van der Waals surface area contributed by atoms with Gasteiger partial charge in [0.2, 0.25) is 5.91 Å². The molecule has 148 valence electrons. The fraction of sp³-hybridized carbons (Fsp3) is 0.200. The van der Waals surface area contributed by atoms with Crippen molar-refractivity contribution in [3.63, 3.8) is 0 Å². The van der Waals surface area contributed by atoms with Gasteiger partial charge in [0.15, 0.2) is 5.13 Å². The highest BCUT2D eigenvalue weighted by molar-refractivity contribution is 7.15. The van der Waals surface area contributed by atoms with Crippen LogP contribution in [0.25, 0.3) is 0 Å². The van der Waals surface area contributed by atoms with E-state index in [0.717, 1.165) is 10.6 Å². The number of carbonyl (C=O) groups excluding carboxylic acids is 2. The largest absolute Gasteiger partial charge is 0.325 e. The van der Waals surface area contributed by atoms with Crippen LogP contribution in [0.3, 0.4) is 0 Å². The van der Waals surface area contributed by atoms with Crippen molar-refractivity contribution < 1.29 is 14.0 Å². The number of hydrogen-bond acceptors (Lipinski definition) is 6. The van der Waals surface area contributed by atoms with Gasteiger partial charge in [-0.3, -0.25) is 24.8 Å². The first-order valence-electron chi connectivity index (χ1n) is 9.05. The first-order valence-corrected chi connectivity index (χ1v) is 9.87.